The molecule has 2 aromatic rings. The summed E-state index contributed by atoms with van der Waals surface area (Å²) in [7, 11) is 0. The van der Waals surface area contributed by atoms with E-state index < -0.39 is 29.4 Å². The Morgan fingerprint density at radius 1 is 1.06 bits per heavy atom. The minimum absolute atomic E-state index is 0.127. The lowest BCUT2D eigenvalue weighted by atomic mass is 10.2. The average Bonchev–Trinajstić information content (AvgIpc) is 2.49. The van der Waals surface area contributed by atoms with Gasteiger partial charge >= 0.3 is 12.5 Å². The van der Waals surface area contributed by atoms with Crippen LogP contribution in [0.4, 0.5) is 26.3 Å². The van der Waals surface area contributed by atoms with E-state index in [-0.39, 0.29) is 10.1 Å². The summed E-state index contributed by atoms with van der Waals surface area (Å²) in [6, 6.07) is 2.08. The predicted molar refractivity (Wildman–Crippen MR) is 50.8 cm³/mol. The van der Waals surface area contributed by atoms with Crippen LogP contribution >= 0.6 is 0 Å². The van der Waals surface area contributed by atoms with Crippen molar-refractivity contribution in [3.8, 4) is 0 Å². The van der Waals surface area contributed by atoms with Gasteiger partial charge in [0, 0.05) is 0 Å². The van der Waals surface area contributed by atoms with E-state index in [1.165, 1.54) is 0 Å². The second-order valence-electron chi connectivity index (χ2n) is 3.66. The van der Waals surface area contributed by atoms with Gasteiger partial charge in [-0.05, 0) is 25.1 Å². The van der Waals surface area contributed by atoms with Crippen LogP contribution in [0.15, 0.2) is 18.2 Å². The summed E-state index contributed by atoms with van der Waals surface area (Å²) in [5, 5.41) is 0. The number of aryl methyl sites for hydroxylation is 1. The van der Waals surface area contributed by atoms with Crippen molar-refractivity contribution < 1.29 is 26.3 Å². The molecule has 0 bridgehead atoms. The highest BCUT2D eigenvalue weighted by Crippen LogP contribution is 2.34. The molecule has 1 heterocycles. The highest BCUT2D eigenvalue weighted by atomic mass is 19.4. The van der Waals surface area contributed by atoms with Crippen LogP contribution in [-0.2, 0) is 12.5 Å². The first kappa shape index (κ1) is 12.7. The van der Waals surface area contributed by atoms with E-state index in [1.54, 1.807) is 0 Å². The number of alkyl halides is 6. The molecule has 0 amide bonds. The summed E-state index contributed by atoms with van der Waals surface area (Å²) in [6.07, 6.45) is -9.49. The van der Waals surface area contributed by atoms with Gasteiger partial charge in [-0.15, -0.1) is 13.2 Å². The maximum Gasteiger partial charge on any atom is 0.490 e. The van der Waals surface area contributed by atoms with E-state index in [4.69, 9.17) is 0 Å². The minimum atomic E-state index is -4.80. The fourth-order valence-electron chi connectivity index (χ4n) is 1.69. The fourth-order valence-corrected chi connectivity index (χ4v) is 1.69. The van der Waals surface area contributed by atoms with Crippen molar-refractivity contribution in [3.05, 3.63) is 29.6 Å². The van der Waals surface area contributed by atoms with E-state index >= 15 is 0 Å². The van der Waals surface area contributed by atoms with Crippen LogP contribution in [0.5, 0.6) is 0 Å². The van der Waals surface area contributed by atoms with Crippen LogP contribution < -0.4 is 0 Å². The number of fused-ring (bicyclic) bond motifs is 1. The molecular weight excluding hydrogens is 262 g/mol. The molecule has 2 rings (SSSR count). The highest BCUT2D eigenvalue weighted by Gasteiger charge is 2.36. The van der Waals surface area contributed by atoms with Crippen molar-refractivity contribution in [2.45, 2.75) is 19.4 Å². The van der Waals surface area contributed by atoms with Crippen molar-refractivity contribution in [2.75, 3.05) is 0 Å². The Morgan fingerprint density at radius 3 is 2.17 bits per heavy atom. The van der Waals surface area contributed by atoms with E-state index in [1.807, 2.05) is 0 Å². The fraction of sp³-hybridized carbons (Fsp3) is 0.300. The average molecular weight is 268 g/mol. The molecule has 0 aliphatic carbocycles. The summed E-state index contributed by atoms with van der Waals surface area (Å²) in [6.45, 7) is 1.08. The molecule has 0 saturated heterocycles. The van der Waals surface area contributed by atoms with Crippen LogP contribution in [0.2, 0.25) is 0 Å². The second kappa shape index (κ2) is 3.63. The Kier molecular flexibility index (Phi) is 2.56. The molecule has 98 valence electrons. The largest absolute Gasteiger partial charge is 0.490 e. The lowest BCUT2D eigenvalue weighted by molar-refractivity contribution is -0.202. The molecule has 8 heteroatoms. The standard InChI is InChI=1S/C10H6F6N2/c1-5-17-7-3-2-6(9(11,12)13)4-8(7)18(5)10(14,15)16/h2-4H,1H3. The lowest BCUT2D eigenvalue weighted by Crippen LogP contribution is -2.18. The Labute approximate surface area is 96.8 Å². The van der Waals surface area contributed by atoms with Gasteiger partial charge in [-0.3, -0.25) is 0 Å². The quantitative estimate of drug-likeness (QED) is 0.664. The van der Waals surface area contributed by atoms with Crippen LogP contribution in [-0.4, -0.2) is 9.55 Å². The summed E-state index contributed by atoms with van der Waals surface area (Å²) in [4.78, 5) is 3.58. The second-order valence-corrected chi connectivity index (χ2v) is 3.66. The molecule has 0 radical (unpaired) electrons. The minimum Gasteiger partial charge on any atom is -0.238 e. The molecule has 1 aromatic carbocycles. The molecule has 0 aliphatic rings. The predicted octanol–water partition coefficient (Wildman–Crippen LogP) is 3.84. The topological polar surface area (TPSA) is 17.8 Å². The summed E-state index contributed by atoms with van der Waals surface area (Å²) >= 11 is 0. The van der Waals surface area contributed by atoms with Crippen LogP contribution in [0, 0.1) is 6.92 Å². The maximum atomic E-state index is 12.7. The summed E-state index contributed by atoms with van der Waals surface area (Å²) in [5.74, 6) is -0.406. The SMILES string of the molecule is Cc1nc2ccc(C(F)(F)F)cc2n1C(F)(F)F. The van der Waals surface area contributed by atoms with Gasteiger partial charge in [0.2, 0.25) is 0 Å². The lowest BCUT2D eigenvalue weighted by Gasteiger charge is -2.11. The normalized spacial score (nSPS) is 13.3. The third kappa shape index (κ3) is 2.02. The van der Waals surface area contributed by atoms with Crippen LogP contribution in [0.25, 0.3) is 11.0 Å². The molecule has 0 saturated carbocycles. The molecule has 18 heavy (non-hydrogen) atoms. The number of hydrogen-bond acceptors (Lipinski definition) is 1. The maximum absolute atomic E-state index is 12.7. The zero-order chi connectivity index (χ0) is 13.7. The number of hydrogen-bond donors (Lipinski definition) is 0. The van der Waals surface area contributed by atoms with Crippen LogP contribution in [0.1, 0.15) is 11.4 Å². The molecule has 0 N–H and O–H groups in total. The first-order chi connectivity index (χ1) is 8.10. The number of nitrogens with zero attached hydrogens (tertiary/aromatic N) is 2. The number of halogens is 6. The molecular formula is C10H6F6N2. The smallest absolute Gasteiger partial charge is 0.238 e. The van der Waals surface area contributed by atoms with Gasteiger partial charge in [-0.2, -0.15) is 13.2 Å². The van der Waals surface area contributed by atoms with Gasteiger partial charge in [0.1, 0.15) is 5.82 Å². The third-order valence-corrected chi connectivity index (χ3v) is 2.40. The Bertz CT molecular complexity index is 593. The number of imidazole rings is 1. The monoisotopic (exact) mass is 268 g/mol. The van der Waals surface area contributed by atoms with Gasteiger partial charge in [0.05, 0.1) is 16.6 Å². The van der Waals surface area contributed by atoms with Gasteiger partial charge in [-0.25, -0.2) is 9.55 Å². The Morgan fingerprint density at radius 2 is 1.67 bits per heavy atom. The molecule has 0 fully saturated rings. The van der Waals surface area contributed by atoms with Crippen molar-refractivity contribution >= 4 is 11.0 Å². The number of rotatable bonds is 0. The Hall–Kier alpha value is -1.73. The van der Waals surface area contributed by atoms with E-state index in [0.717, 1.165) is 13.0 Å². The zero-order valence-corrected chi connectivity index (χ0v) is 8.89. The Balaban J connectivity index is 2.76. The molecule has 0 unspecified atom stereocenters. The van der Waals surface area contributed by atoms with Crippen molar-refractivity contribution in [1.29, 1.82) is 0 Å². The van der Waals surface area contributed by atoms with Gasteiger partial charge in [-0.1, -0.05) is 0 Å². The number of aromatic nitrogens is 2. The van der Waals surface area contributed by atoms with Gasteiger partial charge in [0.25, 0.3) is 0 Å². The molecule has 1 aromatic heterocycles. The van der Waals surface area contributed by atoms with Crippen molar-refractivity contribution in [2.24, 2.45) is 0 Å². The van der Waals surface area contributed by atoms with E-state index in [0.29, 0.717) is 12.1 Å². The molecule has 0 aliphatic heterocycles. The summed E-state index contributed by atoms with van der Waals surface area (Å²) in [5.41, 5.74) is -1.87. The summed E-state index contributed by atoms with van der Waals surface area (Å²) < 4.78 is 75.2. The van der Waals surface area contributed by atoms with Gasteiger partial charge < -0.3 is 0 Å². The molecule has 0 spiro atoms. The third-order valence-electron chi connectivity index (χ3n) is 2.40. The van der Waals surface area contributed by atoms with Crippen LogP contribution in [0.3, 0.4) is 0 Å². The van der Waals surface area contributed by atoms with E-state index in [2.05, 4.69) is 4.98 Å². The van der Waals surface area contributed by atoms with E-state index in [9.17, 15) is 26.3 Å². The first-order valence-electron chi connectivity index (χ1n) is 4.74. The number of benzene rings is 1. The molecule has 2 nitrogen and oxygen atoms in total. The van der Waals surface area contributed by atoms with Crippen molar-refractivity contribution in [1.82, 2.24) is 9.55 Å². The van der Waals surface area contributed by atoms with Gasteiger partial charge in [0.15, 0.2) is 0 Å². The highest BCUT2D eigenvalue weighted by molar-refractivity contribution is 5.77. The zero-order valence-electron chi connectivity index (χ0n) is 8.89. The first-order valence-corrected chi connectivity index (χ1v) is 4.74. The van der Waals surface area contributed by atoms with Crippen molar-refractivity contribution in [3.63, 3.8) is 0 Å². The molecule has 0 atom stereocenters.